The number of rotatable bonds is 8. The second-order valence-corrected chi connectivity index (χ2v) is 6.27. The molecule has 3 N–H and O–H groups in total. The molecular weight excluding hydrogens is 404 g/mol. The van der Waals surface area contributed by atoms with E-state index in [0.29, 0.717) is 18.8 Å². The van der Waals surface area contributed by atoms with Crippen LogP contribution in [0.2, 0.25) is 0 Å². The molecule has 0 aromatic heterocycles. The Hall–Kier alpha value is -3.24. The zero-order chi connectivity index (χ0) is 22.7. The van der Waals surface area contributed by atoms with E-state index in [1.165, 1.54) is 12.2 Å². The Morgan fingerprint density at radius 3 is 1.97 bits per heavy atom. The van der Waals surface area contributed by atoms with Crippen LogP contribution in [0.1, 0.15) is 25.3 Å². The van der Waals surface area contributed by atoms with Gasteiger partial charge in [0.1, 0.15) is 0 Å². The second kappa shape index (κ2) is 16.9. The van der Waals surface area contributed by atoms with Gasteiger partial charge in [0.15, 0.2) is 0 Å². The lowest BCUT2D eigenvalue weighted by atomic mass is 10.2. The summed E-state index contributed by atoms with van der Waals surface area (Å²) in [5.41, 5.74) is 0.732. The van der Waals surface area contributed by atoms with Gasteiger partial charge in [-0.05, 0) is 18.1 Å². The molecule has 0 fully saturated rings. The summed E-state index contributed by atoms with van der Waals surface area (Å²) in [7, 11) is -4.00. The third kappa shape index (κ3) is 24.8. The van der Waals surface area contributed by atoms with E-state index in [4.69, 9.17) is 14.8 Å². The number of carbonyl (C=O) groups is 3. The Labute approximate surface area is 169 Å². The summed E-state index contributed by atoms with van der Waals surface area (Å²) < 4.78 is 33.6. The van der Waals surface area contributed by atoms with Gasteiger partial charge in [0.25, 0.3) is 10.1 Å². The molecule has 0 saturated carbocycles. The monoisotopic (exact) mass is 428 g/mol. The fourth-order valence-corrected chi connectivity index (χ4v) is 1.58. The molecule has 0 heterocycles. The zero-order valence-corrected chi connectivity index (χ0v) is 16.6. The Morgan fingerprint density at radius 1 is 1.07 bits per heavy atom. The van der Waals surface area contributed by atoms with E-state index in [9.17, 15) is 22.8 Å². The number of aliphatic carboxylic acids is 2. The summed E-state index contributed by atoms with van der Waals surface area (Å²) in [6.07, 6.45) is 5.60. The van der Waals surface area contributed by atoms with E-state index >= 15 is 0 Å². The number of carbonyl (C=O) groups excluding carboxylic acids is 1. The predicted molar refractivity (Wildman–Crippen MR) is 108 cm³/mol. The van der Waals surface area contributed by atoms with Crippen molar-refractivity contribution >= 4 is 34.1 Å². The maximum atomic E-state index is 10.3. The summed E-state index contributed by atoms with van der Waals surface area (Å²) >= 11 is 0. The van der Waals surface area contributed by atoms with E-state index in [1.807, 2.05) is 13.0 Å². The third-order valence-corrected chi connectivity index (χ3v) is 2.99. The van der Waals surface area contributed by atoms with Crippen molar-refractivity contribution in [1.29, 1.82) is 0 Å². The molecule has 1 aromatic rings. The number of hydrogen-bond donors (Lipinski definition) is 3. The van der Waals surface area contributed by atoms with Crippen LogP contribution in [-0.2, 0) is 29.2 Å². The van der Waals surface area contributed by atoms with E-state index in [-0.39, 0.29) is 5.97 Å². The van der Waals surface area contributed by atoms with Crippen LogP contribution in [0.25, 0.3) is 6.08 Å². The topological polar surface area (TPSA) is 155 Å². The van der Waals surface area contributed by atoms with Gasteiger partial charge in [-0.1, -0.05) is 50.3 Å². The fraction of sp³-hybridized carbons (Fsp3) is 0.211. The average molecular weight is 428 g/mol. The van der Waals surface area contributed by atoms with Crippen LogP contribution in [-0.4, -0.2) is 47.7 Å². The molecule has 0 atom stereocenters. The Morgan fingerprint density at radius 2 is 1.59 bits per heavy atom. The van der Waals surface area contributed by atoms with Crippen molar-refractivity contribution in [1.82, 2.24) is 0 Å². The lowest BCUT2D eigenvalue weighted by molar-refractivity contribution is -0.138. The minimum Gasteiger partial charge on any atom is -0.478 e. The van der Waals surface area contributed by atoms with E-state index < -0.39 is 22.1 Å². The van der Waals surface area contributed by atoms with Crippen molar-refractivity contribution in [2.45, 2.75) is 19.8 Å². The van der Waals surface area contributed by atoms with Crippen molar-refractivity contribution in [3.8, 4) is 0 Å². The highest BCUT2D eigenvalue weighted by Gasteiger charge is 1.94. The zero-order valence-electron chi connectivity index (χ0n) is 15.8. The van der Waals surface area contributed by atoms with Crippen LogP contribution >= 0.6 is 0 Å². The molecule has 0 spiro atoms. The first kappa shape index (κ1) is 28.0. The Bertz CT molecular complexity index is 778. The third-order valence-electron chi connectivity index (χ3n) is 2.51. The number of unbranched alkanes of at least 4 members (excludes halogenated alkanes) is 1. The van der Waals surface area contributed by atoms with Crippen LogP contribution < -0.4 is 0 Å². The highest BCUT2D eigenvalue weighted by molar-refractivity contribution is 7.88. The summed E-state index contributed by atoms with van der Waals surface area (Å²) in [5.74, 6) is -2.84. The largest absolute Gasteiger partial charge is 0.478 e. The molecule has 10 heteroatoms. The van der Waals surface area contributed by atoms with Crippen molar-refractivity contribution in [2.75, 3.05) is 6.61 Å². The number of hydrogen-bond acceptors (Lipinski definition) is 6. The molecule has 0 saturated heterocycles. The number of carboxylic acids is 2. The Balaban J connectivity index is 0. The van der Waals surface area contributed by atoms with Gasteiger partial charge in [0.05, 0.1) is 12.0 Å². The van der Waals surface area contributed by atoms with Gasteiger partial charge in [-0.3, -0.25) is 4.55 Å². The molecule has 0 unspecified atom stereocenters. The fourth-order valence-electron chi connectivity index (χ4n) is 1.25. The average Bonchev–Trinajstić information content (AvgIpc) is 2.66. The van der Waals surface area contributed by atoms with Crippen molar-refractivity contribution in [3.63, 3.8) is 0 Å². The molecule has 0 aliphatic rings. The van der Waals surface area contributed by atoms with Gasteiger partial charge in [-0.2, -0.15) is 8.42 Å². The SMILES string of the molecule is C=CC(=O)OCCCC.O=C(O)C=CC(=O)O.O=S(=O)(O)C=Cc1ccccc1. The van der Waals surface area contributed by atoms with Crippen molar-refractivity contribution < 1.29 is 42.3 Å². The minimum absolute atomic E-state index is 0.330. The van der Waals surface area contributed by atoms with Gasteiger partial charge < -0.3 is 14.9 Å². The molecule has 1 aromatic carbocycles. The first-order valence-electron chi connectivity index (χ1n) is 8.15. The second-order valence-electron chi connectivity index (χ2n) is 4.96. The van der Waals surface area contributed by atoms with Crippen LogP contribution in [0.5, 0.6) is 0 Å². The molecule has 0 aliphatic heterocycles. The first-order valence-corrected chi connectivity index (χ1v) is 9.65. The van der Waals surface area contributed by atoms with Gasteiger partial charge >= 0.3 is 17.9 Å². The number of ether oxygens (including phenoxy) is 1. The smallest absolute Gasteiger partial charge is 0.330 e. The number of carboxylic acid groups (broad SMARTS) is 2. The standard InChI is InChI=1S/C8H8O3S.C7H12O2.C4H4O4/c9-12(10,11)7-6-8-4-2-1-3-5-8;1-3-5-6-9-7(8)4-2;5-3(6)1-2-4(7)8/h1-7H,(H,9,10,11);4H,2-3,5-6H2,1H3;1-2H,(H,5,6)(H,7,8). The predicted octanol–water partition coefficient (Wildman–Crippen LogP) is 2.77. The molecule has 0 aliphatic carbocycles. The van der Waals surface area contributed by atoms with E-state index in [2.05, 4.69) is 11.3 Å². The van der Waals surface area contributed by atoms with Gasteiger partial charge in [0, 0.05) is 18.2 Å². The molecule has 9 nitrogen and oxygen atoms in total. The summed E-state index contributed by atoms with van der Waals surface area (Å²) in [6, 6.07) is 8.86. The van der Waals surface area contributed by atoms with Gasteiger partial charge in [-0.15, -0.1) is 0 Å². The molecule has 29 heavy (non-hydrogen) atoms. The highest BCUT2D eigenvalue weighted by atomic mass is 32.2. The summed E-state index contributed by atoms with van der Waals surface area (Å²) in [5, 5.41) is 16.4. The van der Waals surface area contributed by atoms with Crippen LogP contribution in [0.15, 0.2) is 60.5 Å². The normalized spacial score (nSPS) is 10.3. The van der Waals surface area contributed by atoms with Crippen LogP contribution in [0.3, 0.4) is 0 Å². The first-order chi connectivity index (χ1) is 13.5. The van der Waals surface area contributed by atoms with Crippen LogP contribution in [0, 0.1) is 0 Å². The lowest BCUT2D eigenvalue weighted by Gasteiger charge is -1.97. The Kier molecular flexibility index (Phi) is 16.3. The van der Waals surface area contributed by atoms with Crippen molar-refractivity contribution in [3.05, 3.63) is 66.1 Å². The van der Waals surface area contributed by atoms with Gasteiger partial charge in [0.2, 0.25) is 0 Å². The molecule has 1 rings (SSSR count). The maximum Gasteiger partial charge on any atom is 0.330 e. The molecule has 0 amide bonds. The molecule has 0 bridgehead atoms. The quantitative estimate of drug-likeness (QED) is 0.245. The molecule has 160 valence electrons. The molecule has 0 radical (unpaired) electrons. The van der Waals surface area contributed by atoms with Gasteiger partial charge in [-0.25, -0.2) is 14.4 Å². The number of benzene rings is 1. The minimum atomic E-state index is -4.00. The lowest BCUT2D eigenvalue weighted by Crippen LogP contribution is -2.00. The van der Waals surface area contributed by atoms with Crippen LogP contribution in [0.4, 0.5) is 0 Å². The highest BCUT2D eigenvalue weighted by Crippen LogP contribution is 2.01. The van der Waals surface area contributed by atoms with E-state index in [0.717, 1.165) is 23.8 Å². The summed E-state index contributed by atoms with van der Waals surface area (Å²) in [4.78, 5) is 29.5. The number of esters is 1. The molecular formula is C19H24O9S. The summed E-state index contributed by atoms with van der Waals surface area (Å²) in [6.45, 7) is 5.82. The maximum absolute atomic E-state index is 10.3. The van der Waals surface area contributed by atoms with Crippen molar-refractivity contribution in [2.24, 2.45) is 0 Å². The van der Waals surface area contributed by atoms with E-state index in [1.54, 1.807) is 24.3 Å².